The maximum Gasteiger partial charge on any atom is 0.225 e. The summed E-state index contributed by atoms with van der Waals surface area (Å²) in [5.74, 6) is 0.956. The minimum Gasteiger partial charge on any atom is -0.462 e. The van der Waals surface area contributed by atoms with Crippen LogP contribution < -0.4 is 4.74 Å². The first-order chi connectivity index (χ1) is 12.7. The molecule has 0 radical (unpaired) electrons. The lowest BCUT2D eigenvalue weighted by Gasteiger charge is -2.44. The van der Waals surface area contributed by atoms with Crippen molar-refractivity contribution >= 4 is 5.91 Å². The van der Waals surface area contributed by atoms with Crippen LogP contribution in [0.25, 0.3) is 11.1 Å². The Bertz CT molecular complexity index is 821. The van der Waals surface area contributed by atoms with Crippen molar-refractivity contribution in [2.75, 3.05) is 13.1 Å². The molecule has 26 heavy (non-hydrogen) atoms. The Kier molecular flexibility index (Phi) is 3.75. The van der Waals surface area contributed by atoms with Crippen LogP contribution in [0.2, 0.25) is 0 Å². The van der Waals surface area contributed by atoms with Crippen molar-refractivity contribution in [1.82, 2.24) is 4.90 Å². The number of amides is 1. The van der Waals surface area contributed by atoms with Gasteiger partial charge in [0.15, 0.2) is 0 Å². The number of hydrogen-bond donors (Lipinski definition) is 0. The Hall–Kier alpha value is -2.33. The van der Waals surface area contributed by atoms with Crippen LogP contribution in [0.15, 0.2) is 48.5 Å². The molecule has 3 aliphatic rings. The van der Waals surface area contributed by atoms with Gasteiger partial charge in [0.2, 0.25) is 11.7 Å². The van der Waals surface area contributed by atoms with Crippen LogP contribution >= 0.6 is 0 Å². The van der Waals surface area contributed by atoms with Gasteiger partial charge in [0.1, 0.15) is 5.75 Å². The van der Waals surface area contributed by atoms with E-state index in [1.54, 1.807) is 0 Å². The van der Waals surface area contributed by atoms with E-state index < -0.39 is 5.79 Å². The quantitative estimate of drug-likeness (QED) is 0.823. The van der Waals surface area contributed by atoms with Crippen molar-refractivity contribution < 1.29 is 14.3 Å². The largest absolute Gasteiger partial charge is 0.462 e. The van der Waals surface area contributed by atoms with E-state index in [0.29, 0.717) is 12.5 Å². The summed E-state index contributed by atoms with van der Waals surface area (Å²) in [4.78, 5) is 14.2. The second kappa shape index (κ2) is 6.13. The number of ether oxygens (including phenoxy) is 2. The lowest BCUT2D eigenvalue weighted by Crippen LogP contribution is -2.52. The highest BCUT2D eigenvalue weighted by atomic mass is 16.7. The van der Waals surface area contributed by atoms with E-state index in [4.69, 9.17) is 9.47 Å². The molecule has 1 amide bonds. The molecule has 2 heterocycles. The van der Waals surface area contributed by atoms with Gasteiger partial charge in [0.25, 0.3) is 0 Å². The normalized spacial score (nSPS) is 21.2. The molecular weight excluding hydrogens is 326 g/mol. The molecule has 1 saturated carbocycles. The molecule has 2 aromatic rings. The molecule has 1 aliphatic carbocycles. The molecule has 0 aromatic heterocycles. The summed E-state index contributed by atoms with van der Waals surface area (Å²) in [5, 5.41) is 0. The summed E-state index contributed by atoms with van der Waals surface area (Å²) >= 11 is 0. The van der Waals surface area contributed by atoms with E-state index in [2.05, 4.69) is 30.3 Å². The highest BCUT2D eigenvalue weighted by Gasteiger charge is 2.43. The SMILES string of the molecule is O=C(C1CC1)N1CCC2(CC1)OCc1cc(-c3ccccc3)ccc1O2. The number of nitrogens with zero attached hydrogens (tertiary/aromatic N) is 1. The first kappa shape index (κ1) is 15.9. The van der Waals surface area contributed by atoms with Crippen LogP contribution in [-0.2, 0) is 16.1 Å². The van der Waals surface area contributed by atoms with Gasteiger partial charge in [-0.3, -0.25) is 4.79 Å². The third-order valence-electron chi connectivity index (χ3n) is 5.72. The standard InChI is InChI=1S/C22H23NO3/c24-21(17-6-7-17)23-12-10-22(11-13-23)25-15-19-14-18(8-9-20(19)26-22)16-4-2-1-3-5-16/h1-5,8-9,14,17H,6-7,10-13,15H2. The van der Waals surface area contributed by atoms with Gasteiger partial charge >= 0.3 is 0 Å². The summed E-state index contributed by atoms with van der Waals surface area (Å²) in [7, 11) is 0. The molecule has 0 N–H and O–H groups in total. The summed E-state index contributed by atoms with van der Waals surface area (Å²) in [6, 6.07) is 16.7. The average Bonchev–Trinajstić information content (AvgIpc) is 3.54. The number of likely N-dealkylation sites (tertiary alicyclic amines) is 1. The van der Waals surface area contributed by atoms with Gasteiger partial charge in [-0.05, 0) is 36.1 Å². The van der Waals surface area contributed by atoms with Crippen LogP contribution in [0.1, 0.15) is 31.2 Å². The first-order valence-corrected chi connectivity index (χ1v) is 9.53. The summed E-state index contributed by atoms with van der Waals surface area (Å²) in [6.07, 6.45) is 3.60. The molecule has 2 aromatic carbocycles. The fourth-order valence-electron chi connectivity index (χ4n) is 3.94. The molecule has 2 aliphatic heterocycles. The number of carbonyl (C=O) groups excluding carboxylic acids is 1. The van der Waals surface area contributed by atoms with Crippen LogP contribution in [0.5, 0.6) is 5.75 Å². The van der Waals surface area contributed by atoms with Crippen LogP contribution in [0, 0.1) is 5.92 Å². The van der Waals surface area contributed by atoms with Gasteiger partial charge in [-0.15, -0.1) is 0 Å². The summed E-state index contributed by atoms with van der Waals surface area (Å²) in [5.41, 5.74) is 3.47. The predicted molar refractivity (Wildman–Crippen MR) is 98.6 cm³/mol. The van der Waals surface area contributed by atoms with Crippen LogP contribution in [0.4, 0.5) is 0 Å². The maximum absolute atomic E-state index is 12.2. The van der Waals surface area contributed by atoms with Crippen molar-refractivity contribution in [2.24, 2.45) is 5.92 Å². The van der Waals surface area contributed by atoms with Gasteiger partial charge in [-0.1, -0.05) is 36.4 Å². The monoisotopic (exact) mass is 349 g/mol. The Morgan fingerprint density at radius 3 is 2.50 bits per heavy atom. The molecule has 5 rings (SSSR count). The molecule has 1 spiro atoms. The van der Waals surface area contributed by atoms with Crippen LogP contribution in [0.3, 0.4) is 0 Å². The van der Waals surface area contributed by atoms with Crippen LogP contribution in [-0.4, -0.2) is 29.7 Å². The van der Waals surface area contributed by atoms with Gasteiger partial charge in [0.05, 0.1) is 6.61 Å². The fraction of sp³-hybridized carbons (Fsp3) is 0.409. The smallest absolute Gasteiger partial charge is 0.225 e. The lowest BCUT2D eigenvalue weighted by molar-refractivity contribution is -0.227. The van der Waals surface area contributed by atoms with Gasteiger partial charge in [-0.25, -0.2) is 0 Å². The predicted octanol–water partition coefficient (Wildman–Crippen LogP) is 3.99. The van der Waals surface area contributed by atoms with E-state index in [9.17, 15) is 4.79 Å². The van der Waals surface area contributed by atoms with Gasteiger partial charge in [-0.2, -0.15) is 0 Å². The molecule has 1 saturated heterocycles. The number of benzene rings is 2. The Balaban J connectivity index is 1.30. The van der Waals surface area contributed by atoms with Crippen molar-refractivity contribution in [3.63, 3.8) is 0 Å². The minimum atomic E-state index is -0.568. The third-order valence-corrected chi connectivity index (χ3v) is 5.72. The molecule has 0 unspecified atom stereocenters. The number of carbonyl (C=O) groups is 1. The number of fused-ring (bicyclic) bond motifs is 1. The molecule has 2 fully saturated rings. The summed E-state index contributed by atoms with van der Waals surface area (Å²) in [6.45, 7) is 2.02. The maximum atomic E-state index is 12.2. The van der Waals surface area contributed by atoms with Crippen molar-refractivity contribution in [1.29, 1.82) is 0 Å². The third kappa shape index (κ3) is 2.88. The minimum absolute atomic E-state index is 0.286. The highest BCUT2D eigenvalue weighted by molar-refractivity contribution is 5.81. The highest BCUT2D eigenvalue weighted by Crippen LogP contribution is 2.40. The Morgan fingerprint density at radius 2 is 1.77 bits per heavy atom. The topological polar surface area (TPSA) is 38.8 Å². The van der Waals surface area contributed by atoms with Crippen molar-refractivity contribution in [3.05, 3.63) is 54.1 Å². The van der Waals surface area contributed by atoms with E-state index >= 15 is 0 Å². The molecule has 4 heteroatoms. The summed E-state index contributed by atoms with van der Waals surface area (Å²) < 4.78 is 12.5. The number of piperidine rings is 1. The molecule has 0 bridgehead atoms. The zero-order valence-corrected chi connectivity index (χ0v) is 14.8. The van der Waals surface area contributed by atoms with Gasteiger partial charge < -0.3 is 14.4 Å². The second-order valence-corrected chi connectivity index (χ2v) is 7.59. The number of rotatable bonds is 2. The Labute approximate surface area is 153 Å². The number of hydrogen-bond acceptors (Lipinski definition) is 3. The lowest BCUT2D eigenvalue weighted by atomic mass is 9.99. The zero-order chi connectivity index (χ0) is 17.6. The van der Waals surface area contributed by atoms with E-state index in [-0.39, 0.29) is 5.92 Å². The van der Waals surface area contributed by atoms with Crippen molar-refractivity contribution in [2.45, 2.75) is 38.1 Å². The van der Waals surface area contributed by atoms with Gasteiger partial charge in [0, 0.05) is 37.4 Å². The van der Waals surface area contributed by atoms with Crippen molar-refractivity contribution in [3.8, 4) is 16.9 Å². The fourth-order valence-corrected chi connectivity index (χ4v) is 3.94. The van der Waals surface area contributed by atoms with E-state index in [0.717, 1.165) is 50.1 Å². The molecule has 134 valence electrons. The second-order valence-electron chi connectivity index (χ2n) is 7.59. The zero-order valence-electron chi connectivity index (χ0n) is 14.8. The van der Waals surface area contributed by atoms with E-state index in [1.165, 1.54) is 11.1 Å². The first-order valence-electron chi connectivity index (χ1n) is 9.53. The molecule has 4 nitrogen and oxygen atoms in total. The molecule has 0 atom stereocenters. The molecular formula is C22H23NO3. The Morgan fingerprint density at radius 1 is 1.00 bits per heavy atom. The van der Waals surface area contributed by atoms with E-state index in [1.807, 2.05) is 23.1 Å². The average molecular weight is 349 g/mol.